The second kappa shape index (κ2) is 5.39. The van der Waals surface area contributed by atoms with Gasteiger partial charge in [0, 0.05) is 19.7 Å². The third kappa shape index (κ3) is 2.91. The predicted molar refractivity (Wildman–Crippen MR) is 68.4 cm³/mol. The van der Waals surface area contributed by atoms with E-state index in [-0.39, 0.29) is 0 Å². The summed E-state index contributed by atoms with van der Waals surface area (Å²) in [6, 6.07) is 8.13. The molecule has 1 fully saturated rings. The number of benzene rings is 1. The molecule has 0 heterocycles. The van der Waals surface area contributed by atoms with Gasteiger partial charge >= 0.3 is 0 Å². The van der Waals surface area contributed by atoms with Crippen molar-refractivity contribution in [2.45, 2.75) is 18.9 Å². The van der Waals surface area contributed by atoms with Crippen molar-refractivity contribution in [2.75, 3.05) is 25.2 Å². The smallest absolute Gasteiger partial charge is 0.0992 e. The summed E-state index contributed by atoms with van der Waals surface area (Å²) in [6.07, 6.45) is 2.42. The first-order valence-corrected chi connectivity index (χ1v) is 6.09. The summed E-state index contributed by atoms with van der Waals surface area (Å²) in [6.45, 7) is 1.53. The molecule has 0 saturated heterocycles. The molecule has 0 atom stereocenters. The first-order valence-electron chi connectivity index (χ1n) is 5.71. The maximum absolute atomic E-state index is 8.81. The van der Waals surface area contributed by atoms with Crippen molar-refractivity contribution < 1.29 is 4.74 Å². The van der Waals surface area contributed by atoms with E-state index in [1.165, 1.54) is 12.8 Å². The fourth-order valence-electron chi connectivity index (χ4n) is 1.88. The Morgan fingerprint density at radius 2 is 2.29 bits per heavy atom. The summed E-state index contributed by atoms with van der Waals surface area (Å²) in [5, 5.41) is 9.46. The van der Waals surface area contributed by atoms with E-state index in [1.54, 1.807) is 13.2 Å². The Balaban J connectivity index is 2.20. The minimum absolute atomic E-state index is 0.579. The molecule has 1 saturated carbocycles. The van der Waals surface area contributed by atoms with Gasteiger partial charge in [-0.2, -0.15) is 5.26 Å². The second-order valence-corrected chi connectivity index (χ2v) is 4.60. The van der Waals surface area contributed by atoms with E-state index in [4.69, 9.17) is 21.6 Å². The molecule has 1 aliphatic carbocycles. The predicted octanol–water partition coefficient (Wildman–Crippen LogP) is 2.83. The zero-order valence-corrected chi connectivity index (χ0v) is 10.6. The van der Waals surface area contributed by atoms with Gasteiger partial charge in [0.1, 0.15) is 0 Å². The van der Waals surface area contributed by atoms with Crippen LogP contribution >= 0.6 is 11.6 Å². The summed E-state index contributed by atoms with van der Waals surface area (Å²) >= 11 is 6.22. The monoisotopic (exact) mass is 250 g/mol. The number of ether oxygens (including phenoxy) is 1. The molecule has 0 N–H and O–H groups in total. The molecule has 0 radical (unpaired) electrons. The van der Waals surface area contributed by atoms with Crippen molar-refractivity contribution in [2.24, 2.45) is 0 Å². The number of hydrogen-bond acceptors (Lipinski definition) is 3. The van der Waals surface area contributed by atoms with Gasteiger partial charge in [-0.15, -0.1) is 0 Å². The highest BCUT2D eigenvalue weighted by molar-refractivity contribution is 6.33. The standard InChI is InChI=1S/C13H15ClN2O/c1-17-7-6-16(11-3-4-11)13-5-2-10(9-15)8-12(13)14/h2,5,8,11H,3-4,6-7H2,1H3. The molecular formula is C13H15ClN2O. The van der Waals surface area contributed by atoms with E-state index in [2.05, 4.69) is 11.0 Å². The Morgan fingerprint density at radius 3 is 2.82 bits per heavy atom. The average Bonchev–Trinajstić information content (AvgIpc) is 3.15. The summed E-state index contributed by atoms with van der Waals surface area (Å²) in [5.41, 5.74) is 1.60. The van der Waals surface area contributed by atoms with Crippen LogP contribution in [-0.2, 0) is 4.74 Å². The molecule has 0 unspecified atom stereocenters. The Hall–Kier alpha value is -1.24. The van der Waals surface area contributed by atoms with Crippen LogP contribution in [0.1, 0.15) is 18.4 Å². The summed E-state index contributed by atoms with van der Waals surface area (Å²) < 4.78 is 5.12. The quantitative estimate of drug-likeness (QED) is 0.806. The molecule has 0 bridgehead atoms. The normalized spacial score (nSPS) is 14.4. The van der Waals surface area contributed by atoms with Gasteiger partial charge < -0.3 is 9.64 Å². The molecule has 1 aromatic rings. The molecule has 17 heavy (non-hydrogen) atoms. The van der Waals surface area contributed by atoms with Gasteiger partial charge in [-0.05, 0) is 31.0 Å². The van der Waals surface area contributed by atoms with E-state index >= 15 is 0 Å². The fourth-order valence-corrected chi connectivity index (χ4v) is 2.17. The third-order valence-corrected chi connectivity index (χ3v) is 3.21. The van der Waals surface area contributed by atoms with Gasteiger partial charge in [-0.1, -0.05) is 11.6 Å². The number of halogens is 1. The second-order valence-electron chi connectivity index (χ2n) is 4.20. The van der Waals surface area contributed by atoms with Gasteiger partial charge in [0.2, 0.25) is 0 Å². The van der Waals surface area contributed by atoms with Gasteiger partial charge in [-0.25, -0.2) is 0 Å². The van der Waals surface area contributed by atoms with Crippen LogP contribution in [0, 0.1) is 11.3 Å². The fraction of sp³-hybridized carbons (Fsp3) is 0.462. The van der Waals surface area contributed by atoms with Gasteiger partial charge in [-0.3, -0.25) is 0 Å². The van der Waals surface area contributed by atoms with Crippen LogP contribution in [0.5, 0.6) is 0 Å². The van der Waals surface area contributed by atoms with E-state index in [9.17, 15) is 0 Å². The average molecular weight is 251 g/mol. The number of nitrogens with zero attached hydrogens (tertiary/aromatic N) is 2. The van der Waals surface area contributed by atoms with Crippen LogP contribution < -0.4 is 4.90 Å². The number of hydrogen-bond donors (Lipinski definition) is 0. The number of rotatable bonds is 5. The van der Waals surface area contributed by atoms with Crippen LogP contribution in [0.4, 0.5) is 5.69 Å². The lowest BCUT2D eigenvalue weighted by molar-refractivity contribution is 0.205. The highest BCUT2D eigenvalue weighted by atomic mass is 35.5. The van der Waals surface area contributed by atoms with Crippen molar-refractivity contribution in [1.82, 2.24) is 0 Å². The molecule has 2 rings (SSSR count). The van der Waals surface area contributed by atoms with Crippen LogP contribution in [0.2, 0.25) is 5.02 Å². The van der Waals surface area contributed by atoms with E-state index in [1.807, 2.05) is 12.1 Å². The van der Waals surface area contributed by atoms with Crippen molar-refractivity contribution >= 4 is 17.3 Å². The molecule has 3 nitrogen and oxygen atoms in total. The topological polar surface area (TPSA) is 36.3 Å². The largest absolute Gasteiger partial charge is 0.383 e. The number of methoxy groups -OCH3 is 1. The third-order valence-electron chi connectivity index (χ3n) is 2.91. The van der Waals surface area contributed by atoms with Crippen LogP contribution in [0.15, 0.2) is 18.2 Å². The Bertz CT molecular complexity index is 438. The highest BCUT2D eigenvalue weighted by Crippen LogP contribution is 2.35. The Labute approximate surface area is 107 Å². The molecule has 1 aliphatic rings. The first-order chi connectivity index (χ1) is 8.26. The Morgan fingerprint density at radius 1 is 1.53 bits per heavy atom. The lowest BCUT2D eigenvalue weighted by atomic mass is 10.2. The summed E-state index contributed by atoms with van der Waals surface area (Å²) in [5.74, 6) is 0. The lowest BCUT2D eigenvalue weighted by Gasteiger charge is -2.25. The van der Waals surface area contributed by atoms with Gasteiger partial charge in [0.15, 0.2) is 0 Å². The zero-order chi connectivity index (χ0) is 12.3. The minimum atomic E-state index is 0.579. The lowest BCUT2D eigenvalue weighted by Crippen LogP contribution is -2.29. The van der Waals surface area contributed by atoms with Crippen molar-refractivity contribution in [3.05, 3.63) is 28.8 Å². The molecule has 4 heteroatoms. The van der Waals surface area contributed by atoms with Crippen molar-refractivity contribution in [1.29, 1.82) is 5.26 Å². The van der Waals surface area contributed by atoms with E-state index < -0.39 is 0 Å². The molecule has 0 aliphatic heterocycles. The van der Waals surface area contributed by atoms with Crippen molar-refractivity contribution in [3.8, 4) is 6.07 Å². The summed E-state index contributed by atoms with van der Waals surface area (Å²) in [7, 11) is 1.70. The van der Waals surface area contributed by atoms with Crippen LogP contribution in [-0.4, -0.2) is 26.3 Å². The van der Waals surface area contributed by atoms with Crippen LogP contribution in [0.25, 0.3) is 0 Å². The van der Waals surface area contributed by atoms with Gasteiger partial charge in [0.25, 0.3) is 0 Å². The molecular weight excluding hydrogens is 236 g/mol. The molecule has 1 aromatic carbocycles. The van der Waals surface area contributed by atoms with Gasteiger partial charge in [0.05, 0.1) is 28.9 Å². The Kier molecular flexibility index (Phi) is 3.88. The maximum atomic E-state index is 8.81. The summed E-state index contributed by atoms with van der Waals surface area (Å²) in [4.78, 5) is 2.27. The maximum Gasteiger partial charge on any atom is 0.0992 e. The van der Waals surface area contributed by atoms with E-state index in [0.29, 0.717) is 23.2 Å². The molecule has 0 aromatic heterocycles. The molecule has 0 amide bonds. The van der Waals surface area contributed by atoms with Crippen LogP contribution in [0.3, 0.4) is 0 Å². The molecule has 90 valence electrons. The number of nitriles is 1. The zero-order valence-electron chi connectivity index (χ0n) is 9.82. The highest BCUT2D eigenvalue weighted by Gasteiger charge is 2.30. The first kappa shape index (κ1) is 12.2. The number of anilines is 1. The molecule has 0 spiro atoms. The SMILES string of the molecule is COCCN(c1ccc(C#N)cc1Cl)C1CC1. The minimum Gasteiger partial charge on any atom is -0.383 e. The van der Waals surface area contributed by atoms with E-state index in [0.717, 1.165) is 12.2 Å². The van der Waals surface area contributed by atoms with Crippen molar-refractivity contribution in [3.63, 3.8) is 0 Å².